The molecule has 0 aromatic carbocycles. The maximum absolute atomic E-state index is 12.7. The highest BCUT2D eigenvalue weighted by atomic mass is 19.4. The Morgan fingerprint density at radius 1 is 1.25 bits per heavy atom. The van der Waals surface area contributed by atoms with Gasteiger partial charge in [0, 0.05) is 18.5 Å². The van der Waals surface area contributed by atoms with Gasteiger partial charge in [-0.2, -0.15) is 13.2 Å². The standard InChI is InChI=1S/C12H20F3N5/c1-4-6-20(7-12(13,14)15)11-8(3)10(19-16)17-9(5-2)18-11/h4-7,16H2,1-3H3,(H,17,18,19). The fraction of sp³-hybridized carbons (Fsp3) is 0.667. The van der Waals surface area contributed by atoms with Crippen LogP contribution in [0.3, 0.4) is 0 Å². The summed E-state index contributed by atoms with van der Waals surface area (Å²) in [5.41, 5.74) is 2.93. The maximum atomic E-state index is 12.7. The van der Waals surface area contributed by atoms with E-state index in [0.717, 1.165) is 0 Å². The van der Waals surface area contributed by atoms with Crippen molar-refractivity contribution in [2.45, 2.75) is 39.8 Å². The van der Waals surface area contributed by atoms with Crippen molar-refractivity contribution in [3.8, 4) is 0 Å². The number of aromatic nitrogens is 2. The third kappa shape index (κ3) is 4.22. The van der Waals surface area contributed by atoms with Crippen molar-refractivity contribution in [3.05, 3.63) is 11.4 Å². The number of hydrogen-bond donors (Lipinski definition) is 2. The van der Waals surface area contributed by atoms with Crippen LogP contribution in [-0.4, -0.2) is 29.2 Å². The Balaban J connectivity index is 3.23. The van der Waals surface area contributed by atoms with Crippen molar-refractivity contribution in [1.29, 1.82) is 0 Å². The number of rotatable bonds is 6. The minimum Gasteiger partial charge on any atom is -0.347 e. The van der Waals surface area contributed by atoms with Gasteiger partial charge in [0.2, 0.25) is 0 Å². The second-order valence-electron chi connectivity index (χ2n) is 4.47. The first-order chi connectivity index (χ1) is 9.32. The fourth-order valence-electron chi connectivity index (χ4n) is 1.90. The van der Waals surface area contributed by atoms with Crippen LogP contribution in [-0.2, 0) is 6.42 Å². The number of halogens is 3. The van der Waals surface area contributed by atoms with Gasteiger partial charge in [-0.15, -0.1) is 0 Å². The summed E-state index contributed by atoms with van der Waals surface area (Å²) in [7, 11) is 0. The van der Waals surface area contributed by atoms with Crippen molar-refractivity contribution in [1.82, 2.24) is 9.97 Å². The predicted octanol–water partition coefficient (Wildman–Crippen LogP) is 2.41. The summed E-state index contributed by atoms with van der Waals surface area (Å²) in [6.45, 7) is 4.55. The Kier molecular flexibility index (Phi) is 5.55. The highest BCUT2D eigenvalue weighted by molar-refractivity contribution is 5.58. The van der Waals surface area contributed by atoms with Gasteiger partial charge in [0.1, 0.15) is 24.0 Å². The summed E-state index contributed by atoms with van der Waals surface area (Å²) in [5.74, 6) is 6.46. The van der Waals surface area contributed by atoms with E-state index in [-0.39, 0.29) is 12.4 Å². The lowest BCUT2D eigenvalue weighted by Crippen LogP contribution is -2.36. The molecule has 0 saturated heterocycles. The lowest BCUT2D eigenvalue weighted by molar-refractivity contribution is -0.119. The second kappa shape index (κ2) is 6.74. The van der Waals surface area contributed by atoms with Crippen LogP contribution in [0.1, 0.15) is 31.7 Å². The van der Waals surface area contributed by atoms with E-state index in [2.05, 4.69) is 15.4 Å². The summed E-state index contributed by atoms with van der Waals surface area (Å²) in [5, 5.41) is 0. The van der Waals surface area contributed by atoms with Crippen LogP contribution in [0.2, 0.25) is 0 Å². The molecule has 0 aliphatic rings. The molecule has 0 bridgehead atoms. The molecule has 0 fully saturated rings. The maximum Gasteiger partial charge on any atom is 0.405 e. The van der Waals surface area contributed by atoms with Gasteiger partial charge in [0.05, 0.1) is 0 Å². The highest BCUT2D eigenvalue weighted by Crippen LogP contribution is 2.27. The van der Waals surface area contributed by atoms with Gasteiger partial charge in [-0.3, -0.25) is 0 Å². The first-order valence-electron chi connectivity index (χ1n) is 6.48. The molecule has 0 radical (unpaired) electrons. The van der Waals surface area contributed by atoms with Crippen molar-refractivity contribution >= 4 is 11.6 Å². The SMILES string of the molecule is CCCN(CC(F)(F)F)c1nc(CC)nc(NN)c1C. The Hall–Kier alpha value is -1.57. The van der Waals surface area contributed by atoms with Crippen LogP contribution >= 0.6 is 0 Å². The highest BCUT2D eigenvalue weighted by Gasteiger charge is 2.32. The molecule has 0 aliphatic heterocycles. The molecule has 0 amide bonds. The zero-order valence-electron chi connectivity index (χ0n) is 11.9. The van der Waals surface area contributed by atoms with E-state index in [0.29, 0.717) is 30.0 Å². The Bertz CT molecular complexity index is 447. The molecule has 0 atom stereocenters. The molecule has 1 rings (SSSR count). The third-order valence-corrected chi connectivity index (χ3v) is 2.78. The number of anilines is 2. The van der Waals surface area contributed by atoms with E-state index in [9.17, 15) is 13.2 Å². The minimum atomic E-state index is -4.28. The molecule has 5 nitrogen and oxygen atoms in total. The second-order valence-corrected chi connectivity index (χ2v) is 4.47. The molecule has 3 N–H and O–H groups in total. The normalized spacial score (nSPS) is 11.6. The monoisotopic (exact) mass is 291 g/mol. The van der Waals surface area contributed by atoms with Gasteiger partial charge in [-0.1, -0.05) is 13.8 Å². The van der Waals surface area contributed by atoms with Crippen LogP contribution in [0.4, 0.5) is 24.8 Å². The third-order valence-electron chi connectivity index (χ3n) is 2.78. The average Bonchev–Trinajstić information content (AvgIpc) is 2.37. The lowest BCUT2D eigenvalue weighted by atomic mass is 10.2. The Morgan fingerprint density at radius 2 is 1.90 bits per heavy atom. The van der Waals surface area contributed by atoms with Crippen molar-refractivity contribution < 1.29 is 13.2 Å². The van der Waals surface area contributed by atoms with Gasteiger partial charge in [-0.25, -0.2) is 15.8 Å². The van der Waals surface area contributed by atoms with E-state index in [4.69, 9.17) is 5.84 Å². The van der Waals surface area contributed by atoms with E-state index in [1.165, 1.54) is 4.90 Å². The molecule has 0 unspecified atom stereocenters. The topological polar surface area (TPSA) is 67.1 Å². The first-order valence-corrected chi connectivity index (χ1v) is 6.48. The molecule has 0 saturated carbocycles. The summed E-state index contributed by atoms with van der Waals surface area (Å²) in [6.07, 6.45) is -3.17. The van der Waals surface area contributed by atoms with Gasteiger partial charge < -0.3 is 10.3 Å². The van der Waals surface area contributed by atoms with Crippen LogP contribution < -0.4 is 16.2 Å². The molecule has 8 heteroatoms. The molecule has 1 aromatic rings. The summed E-state index contributed by atoms with van der Waals surface area (Å²) in [4.78, 5) is 9.59. The zero-order chi connectivity index (χ0) is 15.3. The number of hydrazine groups is 1. The van der Waals surface area contributed by atoms with Crippen LogP contribution in [0.15, 0.2) is 0 Å². The van der Waals surface area contributed by atoms with Crippen molar-refractivity contribution in [2.24, 2.45) is 5.84 Å². The van der Waals surface area contributed by atoms with E-state index < -0.39 is 12.7 Å². The van der Waals surface area contributed by atoms with Crippen molar-refractivity contribution in [3.63, 3.8) is 0 Å². The summed E-state index contributed by atoms with van der Waals surface area (Å²) in [6, 6.07) is 0. The number of nitrogens with zero attached hydrogens (tertiary/aromatic N) is 3. The van der Waals surface area contributed by atoms with E-state index in [1.807, 2.05) is 13.8 Å². The minimum absolute atomic E-state index is 0.268. The average molecular weight is 291 g/mol. The van der Waals surface area contributed by atoms with Crippen LogP contribution in [0.25, 0.3) is 0 Å². The van der Waals surface area contributed by atoms with Gasteiger partial charge in [-0.05, 0) is 13.3 Å². The van der Waals surface area contributed by atoms with Gasteiger partial charge in [0.15, 0.2) is 0 Å². The van der Waals surface area contributed by atoms with Gasteiger partial charge >= 0.3 is 6.18 Å². The molecule has 0 spiro atoms. The quantitative estimate of drug-likeness (QED) is 0.622. The Labute approximate surface area is 116 Å². The molecular formula is C12H20F3N5. The number of nitrogens with two attached hydrogens (primary N) is 1. The number of hydrogen-bond acceptors (Lipinski definition) is 5. The van der Waals surface area contributed by atoms with Crippen LogP contribution in [0, 0.1) is 6.92 Å². The molecular weight excluding hydrogens is 271 g/mol. The Morgan fingerprint density at radius 3 is 2.35 bits per heavy atom. The number of nitrogens with one attached hydrogen (secondary N) is 1. The largest absolute Gasteiger partial charge is 0.405 e. The van der Waals surface area contributed by atoms with E-state index >= 15 is 0 Å². The van der Waals surface area contributed by atoms with Crippen molar-refractivity contribution in [2.75, 3.05) is 23.4 Å². The zero-order valence-corrected chi connectivity index (χ0v) is 11.9. The number of aryl methyl sites for hydroxylation is 1. The fourth-order valence-corrected chi connectivity index (χ4v) is 1.90. The number of alkyl halides is 3. The summed E-state index contributed by atoms with van der Waals surface area (Å²) >= 11 is 0. The number of nitrogen functional groups attached to an aromatic ring is 1. The first kappa shape index (κ1) is 16.5. The van der Waals surface area contributed by atoms with Gasteiger partial charge in [0.25, 0.3) is 0 Å². The smallest absolute Gasteiger partial charge is 0.347 e. The predicted molar refractivity (Wildman–Crippen MR) is 72.5 cm³/mol. The van der Waals surface area contributed by atoms with Crippen LogP contribution in [0.5, 0.6) is 0 Å². The molecule has 114 valence electrons. The molecule has 1 heterocycles. The molecule has 0 aliphatic carbocycles. The summed E-state index contributed by atoms with van der Waals surface area (Å²) < 4.78 is 38.1. The van der Waals surface area contributed by atoms with E-state index in [1.54, 1.807) is 6.92 Å². The lowest BCUT2D eigenvalue weighted by Gasteiger charge is -2.26. The molecule has 20 heavy (non-hydrogen) atoms. The molecule has 1 aromatic heterocycles.